The molecule has 0 spiro atoms. The molecule has 2 atom stereocenters. The molecule has 0 saturated heterocycles. The monoisotopic (exact) mass is 443 g/mol. The molecule has 0 aliphatic heterocycles. The molecule has 0 unspecified atom stereocenters. The molecule has 17 nitrogen and oxygen atoms in total. The Morgan fingerprint density at radius 2 is 0.792 bits per heavy atom. The SMILES string of the molecule is CCO.O=[N+]([O-])[O-].O=[N+]([O-])[O-].O=[N+]([O-])[O-].OC[C@@H](O)[C@@H](O)CO.[Y+3]. The fourth-order valence-electron chi connectivity index (χ4n) is 0.243. The minimum atomic E-state index is -1.75. The molecule has 0 rings (SSSR count). The number of hydrogen-bond donors (Lipinski definition) is 5. The Balaban J connectivity index is -0.0000000442. The summed E-state index contributed by atoms with van der Waals surface area (Å²) < 4.78 is 0. The first kappa shape index (κ1) is 38.2. The summed E-state index contributed by atoms with van der Waals surface area (Å²) in [6.45, 7) is 0.878. The fourth-order valence-corrected chi connectivity index (χ4v) is 0.243. The molecule has 0 aromatic carbocycles. The van der Waals surface area contributed by atoms with Gasteiger partial charge >= 0.3 is 32.7 Å². The van der Waals surface area contributed by atoms with E-state index >= 15 is 0 Å². The first-order valence-electron chi connectivity index (χ1n) is 4.97. The smallest absolute Gasteiger partial charge is 0.397 e. The van der Waals surface area contributed by atoms with Gasteiger partial charge in [0.2, 0.25) is 0 Å². The third kappa shape index (κ3) is 184. The Labute approximate surface area is 158 Å². The number of hydrogen-bond acceptors (Lipinski definition) is 14. The molecule has 142 valence electrons. The van der Waals surface area contributed by atoms with Crippen molar-refractivity contribution >= 4 is 0 Å². The van der Waals surface area contributed by atoms with Crippen molar-refractivity contribution < 1.29 is 73.5 Å². The summed E-state index contributed by atoms with van der Waals surface area (Å²) in [4.78, 5) is 24.8. The van der Waals surface area contributed by atoms with Gasteiger partial charge in [0, 0.05) is 6.61 Å². The van der Waals surface area contributed by atoms with E-state index in [9.17, 15) is 0 Å². The van der Waals surface area contributed by atoms with Gasteiger partial charge in [-0.05, 0) is 6.92 Å². The Kier molecular flexibility index (Phi) is 52.8. The summed E-state index contributed by atoms with van der Waals surface area (Å²) >= 11 is 0. The van der Waals surface area contributed by atoms with E-state index in [0.717, 1.165) is 0 Å². The largest absolute Gasteiger partial charge is 3.00 e. The van der Waals surface area contributed by atoms with Crippen LogP contribution in [0, 0.1) is 46.0 Å². The van der Waals surface area contributed by atoms with Crippen molar-refractivity contribution in [2.45, 2.75) is 19.1 Å². The summed E-state index contributed by atoms with van der Waals surface area (Å²) in [6, 6.07) is 0. The van der Waals surface area contributed by atoms with Gasteiger partial charge in [-0.2, -0.15) is 0 Å². The minimum absolute atomic E-state index is 0. The average molecular weight is 443 g/mol. The molecule has 24 heavy (non-hydrogen) atoms. The van der Waals surface area contributed by atoms with Crippen LogP contribution in [0.15, 0.2) is 0 Å². The van der Waals surface area contributed by atoms with Gasteiger partial charge in [0.05, 0.1) is 28.5 Å². The molecular weight excluding hydrogens is 427 g/mol. The van der Waals surface area contributed by atoms with E-state index in [0.29, 0.717) is 0 Å². The van der Waals surface area contributed by atoms with Crippen LogP contribution in [-0.4, -0.2) is 72.8 Å². The van der Waals surface area contributed by atoms with Crippen LogP contribution in [0.3, 0.4) is 0 Å². The third-order valence-electron chi connectivity index (χ3n) is 0.818. The molecule has 0 aliphatic rings. The summed E-state index contributed by atoms with van der Waals surface area (Å²) in [7, 11) is 0. The third-order valence-corrected chi connectivity index (χ3v) is 0.818. The Bertz CT molecular complexity index is 233. The van der Waals surface area contributed by atoms with Crippen LogP contribution in [0.4, 0.5) is 0 Å². The van der Waals surface area contributed by atoms with Crippen LogP contribution in [0.1, 0.15) is 6.92 Å². The van der Waals surface area contributed by atoms with Crippen LogP contribution in [0.25, 0.3) is 0 Å². The van der Waals surface area contributed by atoms with E-state index in [1.54, 1.807) is 6.92 Å². The van der Waals surface area contributed by atoms with Crippen molar-refractivity contribution in [2.24, 2.45) is 0 Å². The second-order valence-corrected chi connectivity index (χ2v) is 2.49. The topological polar surface area (TPSA) is 300 Å². The molecule has 5 N–H and O–H groups in total. The van der Waals surface area contributed by atoms with Gasteiger partial charge in [-0.25, -0.2) is 0 Å². The maximum absolute atomic E-state index is 8.47. The quantitative estimate of drug-likeness (QED) is 0.214. The average Bonchev–Trinajstić information content (AvgIpc) is 2.35. The predicted octanol–water partition coefficient (Wildman–Crippen LogP) is -3.03. The molecular formula is C6H16N3O14Y. The fraction of sp³-hybridized carbons (Fsp3) is 1.00. The number of aliphatic hydroxyl groups excluding tert-OH is 5. The van der Waals surface area contributed by atoms with Crippen LogP contribution in [0.2, 0.25) is 0 Å². The number of aliphatic hydroxyl groups is 5. The molecule has 0 aromatic heterocycles. The Morgan fingerprint density at radius 3 is 0.833 bits per heavy atom. The molecule has 0 aromatic rings. The zero-order valence-corrected chi connectivity index (χ0v) is 14.9. The van der Waals surface area contributed by atoms with Gasteiger partial charge in [0.25, 0.3) is 0 Å². The Hall–Kier alpha value is -1.50. The number of rotatable bonds is 3. The molecule has 18 heteroatoms. The summed E-state index contributed by atoms with van der Waals surface area (Å²) in [5.41, 5.74) is 0. The minimum Gasteiger partial charge on any atom is -0.397 e. The van der Waals surface area contributed by atoms with Crippen molar-refractivity contribution in [3.8, 4) is 0 Å². The maximum atomic E-state index is 8.47. The standard InChI is InChI=1S/C4H10O4.C2H6O.3NO3.Y/c5-1-3(7)4(8)2-6;1-2-3;3*2-1(3)4;/h3-8H,1-2H2;3H,2H2,1H3;;;;/q;;3*-1;+3/t3-,4+;;;;;. The van der Waals surface area contributed by atoms with Crippen molar-refractivity contribution in [3.05, 3.63) is 46.0 Å². The van der Waals surface area contributed by atoms with Crippen molar-refractivity contribution in [1.29, 1.82) is 0 Å². The van der Waals surface area contributed by atoms with E-state index in [4.69, 9.17) is 71.5 Å². The van der Waals surface area contributed by atoms with Crippen molar-refractivity contribution in [3.63, 3.8) is 0 Å². The second kappa shape index (κ2) is 33.2. The van der Waals surface area contributed by atoms with Crippen molar-refractivity contribution in [1.82, 2.24) is 0 Å². The normalized spacial score (nSPS) is 9.75. The van der Waals surface area contributed by atoms with E-state index in [2.05, 4.69) is 0 Å². The summed E-state index contributed by atoms with van der Waals surface area (Å²) in [6.07, 6.45) is -2.44. The molecule has 0 fully saturated rings. The van der Waals surface area contributed by atoms with Gasteiger partial charge in [-0.1, -0.05) is 0 Å². The van der Waals surface area contributed by atoms with Crippen LogP contribution in [0.5, 0.6) is 0 Å². The van der Waals surface area contributed by atoms with E-state index in [1.165, 1.54) is 0 Å². The number of nitrogens with zero attached hydrogens (tertiary/aromatic N) is 3. The van der Waals surface area contributed by atoms with E-state index in [1.807, 2.05) is 0 Å². The van der Waals surface area contributed by atoms with Crippen molar-refractivity contribution in [2.75, 3.05) is 19.8 Å². The van der Waals surface area contributed by atoms with Crippen LogP contribution in [-0.2, 0) is 32.7 Å². The van der Waals surface area contributed by atoms with E-state index in [-0.39, 0.29) is 39.3 Å². The molecule has 0 heterocycles. The molecule has 0 amide bonds. The molecule has 0 bridgehead atoms. The zero-order valence-electron chi connectivity index (χ0n) is 12.1. The van der Waals surface area contributed by atoms with Gasteiger partial charge in [0.15, 0.2) is 0 Å². The Morgan fingerprint density at radius 1 is 0.708 bits per heavy atom. The van der Waals surface area contributed by atoms with Gasteiger partial charge in [0.1, 0.15) is 12.2 Å². The van der Waals surface area contributed by atoms with Crippen LogP contribution < -0.4 is 0 Å². The summed E-state index contributed by atoms with van der Waals surface area (Å²) in [5.74, 6) is 0. The van der Waals surface area contributed by atoms with Gasteiger partial charge in [-0.3, -0.25) is 0 Å². The predicted molar refractivity (Wildman–Crippen MR) is 70.0 cm³/mol. The van der Waals surface area contributed by atoms with Gasteiger partial charge in [-0.15, -0.1) is 0 Å². The van der Waals surface area contributed by atoms with Gasteiger partial charge < -0.3 is 71.5 Å². The van der Waals surface area contributed by atoms with Crippen LogP contribution >= 0.6 is 0 Å². The summed E-state index contributed by atoms with van der Waals surface area (Å²) in [5, 5.41) is 85.0. The molecule has 0 saturated carbocycles. The molecule has 0 aliphatic carbocycles. The first-order chi connectivity index (χ1) is 10.3. The first-order valence-corrected chi connectivity index (χ1v) is 4.97. The zero-order chi connectivity index (χ0) is 20.0. The van der Waals surface area contributed by atoms with E-state index < -0.39 is 40.7 Å². The second-order valence-electron chi connectivity index (χ2n) is 2.49. The molecule has 0 radical (unpaired) electrons. The maximum Gasteiger partial charge on any atom is 3.00 e.